The molecule has 0 radical (unpaired) electrons. The molecule has 382 valence electrons. The lowest BCUT2D eigenvalue weighted by Crippen LogP contribution is -2.60. The quantitative estimate of drug-likeness (QED) is 0.0232. The molecule has 0 spiro atoms. The van der Waals surface area contributed by atoms with Crippen LogP contribution < -0.4 is 5.32 Å². The first-order chi connectivity index (χ1) is 31.8. The molecule has 7 N–H and O–H groups in total. The molecule has 0 bridgehead atoms. The van der Waals surface area contributed by atoms with Crippen LogP contribution in [-0.4, -0.2) is 98.7 Å². The summed E-state index contributed by atoms with van der Waals surface area (Å²) in [7, 11) is 0. The fourth-order valence-corrected chi connectivity index (χ4v) is 8.61. The summed E-state index contributed by atoms with van der Waals surface area (Å²) in [4.78, 5) is 13.1. The number of aliphatic hydroxyl groups excluding tert-OH is 6. The normalized spacial score (nSPS) is 20.6. The Balaban J connectivity index is 2.28. The van der Waals surface area contributed by atoms with Crippen molar-refractivity contribution >= 4 is 5.91 Å². The van der Waals surface area contributed by atoms with Crippen molar-refractivity contribution in [3.8, 4) is 0 Å². The molecular formula is C55H103NO9. The van der Waals surface area contributed by atoms with Gasteiger partial charge in [0.1, 0.15) is 30.5 Å². The van der Waals surface area contributed by atoms with Crippen molar-refractivity contribution in [2.24, 2.45) is 0 Å². The SMILES string of the molecule is CCCCCCC/C=C/CC/C=C/CC/C=C/C(O)C(COC1OC(CO)C(O)C(O)C1O)NC(=O)C(O)CCCCCCCCCCCCCCCCCCCCCCCCCCC. The molecule has 0 aromatic rings. The third kappa shape index (κ3) is 34.3. The van der Waals surface area contributed by atoms with Crippen molar-refractivity contribution in [1.29, 1.82) is 0 Å². The summed E-state index contributed by atoms with van der Waals surface area (Å²) in [5, 5.41) is 64.9. The Hall–Kier alpha value is -1.63. The Labute approximate surface area is 398 Å². The molecule has 1 aliphatic rings. The van der Waals surface area contributed by atoms with Crippen molar-refractivity contribution in [3.05, 3.63) is 36.5 Å². The van der Waals surface area contributed by atoms with Crippen LogP contribution >= 0.6 is 0 Å². The van der Waals surface area contributed by atoms with Crippen LogP contribution in [0.4, 0.5) is 0 Å². The molecule has 1 fully saturated rings. The summed E-state index contributed by atoms with van der Waals surface area (Å²) in [6.45, 7) is 3.59. The Morgan fingerprint density at radius 2 is 0.908 bits per heavy atom. The van der Waals surface area contributed by atoms with E-state index in [2.05, 4.69) is 43.5 Å². The third-order valence-corrected chi connectivity index (χ3v) is 13.1. The molecule has 65 heavy (non-hydrogen) atoms. The molecule has 0 aliphatic carbocycles. The van der Waals surface area contributed by atoms with E-state index in [0.717, 1.165) is 44.9 Å². The molecule has 0 aromatic carbocycles. The largest absolute Gasteiger partial charge is 0.394 e. The number of carbonyl (C=O) groups is 1. The number of amides is 1. The number of ether oxygens (including phenoxy) is 2. The molecule has 1 amide bonds. The Kier molecular flexibility index (Phi) is 42.4. The van der Waals surface area contributed by atoms with Crippen LogP contribution in [0.3, 0.4) is 0 Å². The molecule has 10 heteroatoms. The zero-order chi connectivity index (χ0) is 47.4. The van der Waals surface area contributed by atoms with Gasteiger partial charge in [0.2, 0.25) is 5.91 Å². The predicted octanol–water partition coefficient (Wildman–Crippen LogP) is 11.8. The van der Waals surface area contributed by atoms with Gasteiger partial charge >= 0.3 is 0 Å². The second kappa shape index (κ2) is 44.9. The van der Waals surface area contributed by atoms with Gasteiger partial charge in [0, 0.05) is 0 Å². The second-order valence-corrected chi connectivity index (χ2v) is 19.2. The first kappa shape index (κ1) is 61.4. The van der Waals surface area contributed by atoms with Gasteiger partial charge in [-0.1, -0.05) is 237 Å². The molecular weight excluding hydrogens is 819 g/mol. The van der Waals surface area contributed by atoms with Crippen LogP contribution in [0.5, 0.6) is 0 Å². The first-order valence-electron chi connectivity index (χ1n) is 27.3. The van der Waals surface area contributed by atoms with Crippen molar-refractivity contribution < 1.29 is 44.9 Å². The summed E-state index contributed by atoms with van der Waals surface area (Å²) in [6, 6.07) is -1.00. The number of hydrogen-bond donors (Lipinski definition) is 7. The Morgan fingerprint density at radius 1 is 0.523 bits per heavy atom. The topological polar surface area (TPSA) is 169 Å². The van der Waals surface area contributed by atoms with E-state index in [0.29, 0.717) is 19.3 Å². The molecule has 1 saturated heterocycles. The number of hydrogen-bond acceptors (Lipinski definition) is 9. The van der Waals surface area contributed by atoms with Gasteiger partial charge in [-0.25, -0.2) is 0 Å². The van der Waals surface area contributed by atoms with E-state index < -0.39 is 61.5 Å². The van der Waals surface area contributed by atoms with E-state index in [4.69, 9.17) is 9.47 Å². The molecule has 1 rings (SSSR count). The number of rotatable bonds is 46. The van der Waals surface area contributed by atoms with Gasteiger partial charge in [0.05, 0.1) is 25.4 Å². The third-order valence-electron chi connectivity index (χ3n) is 13.1. The van der Waals surface area contributed by atoms with E-state index in [-0.39, 0.29) is 6.61 Å². The smallest absolute Gasteiger partial charge is 0.249 e. The lowest BCUT2D eigenvalue weighted by atomic mass is 9.99. The summed E-state index contributed by atoms with van der Waals surface area (Å²) in [5.74, 6) is -0.627. The van der Waals surface area contributed by atoms with Crippen molar-refractivity contribution in [1.82, 2.24) is 5.32 Å². The van der Waals surface area contributed by atoms with Crippen molar-refractivity contribution in [3.63, 3.8) is 0 Å². The van der Waals surface area contributed by atoms with Crippen LogP contribution in [-0.2, 0) is 14.3 Å². The maximum absolute atomic E-state index is 13.1. The van der Waals surface area contributed by atoms with E-state index >= 15 is 0 Å². The molecule has 8 atom stereocenters. The van der Waals surface area contributed by atoms with E-state index in [9.17, 15) is 35.4 Å². The first-order valence-corrected chi connectivity index (χ1v) is 27.3. The monoisotopic (exact) mass is 922 g/mol. The average Bonchev–Trinajstić information content (AvgIpc) is 3.31. The van der Waals surface area contributed by atoms with E-state index in [1.807, 2.05) is 6.08 Å². The Bertz CT molecular complexity index is 1130. The molecule has 0 saturated carbocycles. The van der Waals surface area contributed by atoms with Crippen molar-refractivity contribution in [2.75, 3.05) is 13.2 Å². The lowest BCUT2D eigenvalue weighted by molar-refractivity contribution is -0.302. The van der Waals surface area contributed by atoms with Crippen LogP contribution in [0.15, 0.2) is 36.5 Å². The second-order valence-electron chi connectivity index (χ2n) is 19.2. The minimum Gasteiger partial charge on any atom is -0.394 e. The number of unbranched alkanes of at least 4 members (excludes halogenated alkanes) is 31. The number of allylic oxidation sites excluding steroid dienone is 5. The van der Waals surface area contributed by atoms with Gasteiger partial charge in [0.25, 0.3) is 0 Å². The maximum Gasteiger partial charge on any atom is 0.249 e. The zero-order valence-corrected chi connectivity index (χ0v) is 41.9. The highest BCUT2D eigenvalue weighted by atomic mass is 16.7. The Morgan fingerprint density at radius 3 is 1.34 bits per heavy atom. The van der Waals surface area contributed by atoms with Crippen LogP contribution in [0.2, 0.25) is 0 Å². The summed E-state index contributed by atoms with van der Waals surface area (Å²) in [6.07, 6.45) is 46.8. The molecule has 1 heterocycles. The van der Waals surface area contributed by atoms with Crippen molar-refractivity contribution in [2.45, 2.75) is 294 Å². The van der Waals surface area contributed by atoms with Crippen LogP contribution in [0.1, 0.15) is 245 Å². The molecule has 8 unspecified atom stereocenters. The van der Waals surface area contributed by atoms with Crippen LogP contribution in [0, 0.1) is 0 Å². The summed E-state index contributed by atoms with van der Waals surface area (Å²) in [5.41, 5.74) is 0. The van der Waals surface area contributed by atoms with Gasteiger partial charge < -0.3 is 45.4 Å². The average molecular weight is 922 g/mol. The summed E-state index contributed by atoms with van der Waals surface area (Å²) < 4.78 is 11.2. The number of carbonyl (C=O) groups excluding carboxylic acids is 1. The molecule has 0 aromatic heterocycles. The fourth-order valence-electron chi connectivity index (χ4n) is 8.61. The minimum atomic E-state index is -1.62. The minimum absolute atomic E-state index is 0.304. The van der Waals surface area contributed by atoms with Gasteiger partial charge in [0.15, 0.2) is 6.29 Å². The van der Waals surface area contributed by atoms with Gasteiger partial charge in [-0.15, -0.1) is 0 Å². The van der Waals surface area contributed by atoms with E-state index in [1.165, 1.54) is 167 Å². The van der Waals surface area contributed by atoms with E-state index in [1.54, 1.807) is 6.08 Å². The molecule has 10 nitrogen and oxygen atoms in total. The fraction of sp³-hybridized carbons (Fsp3) is 0.873. The van der Waals surface area contributed by atoms with Gasteiger partial charge in [-0.05, 0) is 44.9 Å². The molecule has 1 aliphatic heterocycles. The highest BCUT2D eigenvalue weighted by molar-refractivity contribution is 5.80. The lowest BCUT2D eigenvalue weighted by Gasteiger charge is -2.40. The predicted molar refractivity (Wildman–Crippen MR) is 269 cm³/mol. The zero-order valence-electron chi connectivity index (χ0n) is 41.9. The standard InChI is InChI=1S/C55H103NO9/c1-3-5-7-9-11-13-15-17-19-20-21-22-23-24-25-26-27-28-30-32-34-36-38-40-42-44-49(59)54(63)56-47(46-64-55-53(62)52(61)51(60)50(45-57)65-55)48(58)43-41-39-37-35-33-31-29-18-16-14-12-10-8-6-4-2/h16,18,33,35,41,43,47-53,55,57-62H,3-15,17,19-32,34,36-40,42,44-46H2,1-2H3,(H,56,63)/b18-16+,35-33+,43-41+. The highest BCUT2D eigenvalue weighted by Gasteiger charge is 2.44. The number of aliphatic hydroxyl groups is 6. The van der Waals surface area contributed by atoms with Gasteiger partial charge in [-0.3, -0.25) is 4.79 Å². The van der Waals surface area contributed by atoms with Gasteiger partial charge in [-0.2, -0.15) is 0 Å². The highest BCUT2D eigenvalue weighted by Crippen LogP contribution is 2.23. The van der Waals surface area contributed by atoms with Crippen LogP contribution in [0.25, 0.3) is 0 Å². The number of nitrogens with one attached hydrogen (secondary N) is 1. The summed E-state index contributed by atoms with van der Waals surface area (Å²) >= 11 is 0. The maximum atomic E-state index is 13.1.